The van der Waals surface area contributed by atoms with Crippen LogP contribution in [0.1, 0.15) is 27.7 Å². The van der Waals surface area contributed by atoms with E-state index in [-0.39, 0.29) is 0 Å². The average Bonchev–Trinajstić information content (AvgIpc) is 2.10. The van der Waals surface area contributed by atoms with Crippen LogP contribution in [0, 0.1) is 0 Å². The van der Waals surface area contributed by atoms with Crippen LogP contribution in [-0.4, -0.2) is 0 Å². The SMILES string of the molecule is C=C/C(C=C(C)C)=C(/C=C)C=C(C)C. The van der Waals surface area contributed by atoms with E-state index in [2.05, 4.69) is 53.0 Å². The topological polar surface area (TPSA) is 0 Å². The lowest BCUT2D eigenvalue weighted by atomic mass is 10.0. The maximum Gasteiger partial charge on any atom is -0.0191 e. The Hall–Kier alpha value is -1.30. The van der Waals surface area contributed by atoms with Gasteiger partial charge in [-0.25, -0.2) is 0 Å². The summed E-state index contributed by atoms with van der Waals surface area (Å²) in [6, 6.07) is 0. The van der Waals surface area contributed by atoms with Crippen LogP contribution in [-0.2, 0) is 0 Å². The largest absolute Gasteiger partial charge is 0.0984 e. The lowest BCUT2D eigenvalue weighted by Gasteiger charge is -2.02. The molecular weight excluding hydrogens is 168 g/mol. The lowest BCUT2D eigenvalue weighted by Crippen LogP contribution is -1.82. The van der Waals surface area contributed by atoms with E-state index in [0.717, 1.165) is 11.1 Å². The van der Waals surface area contributed by atoms with Gasteiger partial charge in [0.15, 0.2) is 0 Å². The minimum Gasteiger partial charge on any atom is -0.0984 e. The lowest BCUT2D eigenvalue weighted by molar-refractivity contribution is 1.34. The highest BCUT2D eigenvalue weighted by Gasteiger charge is 1.94. The Morgan fingerprint density at radius 3 is 1.14 bits per heavy atom. The van der Waals surface area contributed by atoms with Crippen molar-refractivity contribution in [2.45, 2.75) is 27.7 Å². The minimum atomic E-state index is 1.13. The molecule has 0 aliphatic carbocycles. The quantitative estimate of drug-likeness (QED) is 0.566. The van der Waals surface area contributed by atoms with Gasteiger partial charge in [-0.2, -0.15) is 0 Å². The van der Waals surface area contributed by atoms with E-state index >= 15 is 0 Å². The summed E-state index contributed by atoms with van der Waals surface area (Å²) in [5.41, 5.74) is 4.78. The minimum absolute atomic E-state index is 1.13. The van der Waals surface area contributed by atoms with Gasteiger partial charge >= 0.3 is 0 Å². The van der Waals surface area contributed by atoms with Crippen molar-refractivity contribution in [1.29, 1.82) is 0 Å². The molecule has 0 fully saturated rings. The fourth-order valence-corrected chi connectivity index (χ4v) is 1.14. The molecule has 0 spiro atoms. The second-order valence-corrected chi connectivity index (χ2v) is 3.76. The molecule has 0 rings (SSSR count). The van der Waals surface area contributed by atoms with Crippen molar-refractivity contribution in [3.05, 3.63) is 59.8 Å². The van der Waals surface area contributed by atoms with Crippen molar-refractivity contribution in [1.82, 2.24) is 0 Å². The van der Waals surface area contributed by atoms with Gasteiger partial charge in [0.25, 0.3) is 0 Å². The standard InChI is InChI=1S/C14H20/c1-7-13(9-11(3)4)14(8-2)10-12(5)6/h7-10H,1-2H2,3-6H3/b14-13+. The molecule has 0 amide bonds. The van der Waals surface area contributed by atoms with Gasteiger partial charge < -0.3 is 0 Å². The van der Waals surface area contributed by atoms with Gasteiger partial charge in [-0.1, -0.05) is 48.6 Å². The average molecular weight is 188 g/mol. The molecule has 0 saturated heterocycles. The fourth-order valence-electron chi connectivity index (χ4n) is 1.14. The second kappa shape index (κ2) is 6.20. The number of allylic oxidation sites excluding steroid dienone is 8. The molecule has 0 bridgehead atoms. The number of hydrogen-bond donors (Lipinski definition) is 0. The zero-order chi connectivity index (χ0) is 11.1. The monoisotopic (exact) mass is 188 g/mol. The zero-order valence-electron chi connectivity index (χ0n) is 9.72. The van der Waals surface area contributed by atoms with Crippen LogP contribution in [0.3, 0.4) is 0 Å². The van der Waals surface area contributed by atoms with E-state index in [1.807, 2.05) is 12.2 Å². The van der Waals surface area contributed by atoms with Gasteiger partial charge in [-0.05, 0) is 38.8 Å². The van der Waals surface area contributed by atoms with Gasteiger partial charge in [0.1, 0.15) is 0 Å². The Kier molecular flexibility index (Phi) is 5.62. The van der Waals surface area contributed by atoms with Crippen molar-refractivity contribution in [3.63, 3.8) is 0 Å². The maximum atomic E-state index is 3.81. The van der Waals surface area contributed by atoms with Gasteiger partial charge in [-0.15, -0.1) is 0 Å². The molecule has 0 atom stereocenters. The van der Waals surface area contributed by atoms with E-state index < -0.39 is 0 Å². The molecule has 0 radical (unpaired) electrons. The van der Waals surface area contributed by atoms with Gasteiger partial charge in [0.05, 0.1) is 0 Å². The Morgan fingerprint density at radius 2 is 1.00 bits per heavy atom. The predicted octanol–water partition coefficient (Wildman–Crippen LogP) is 4.59. The van der Waals surface area contributed by atoms with Crippen molar-refractivity contribution < 1.29 is 0 Å². The number of rotatable bonds is 4. The summed E-state index contributed by atoms with van der Waals surface area (Å²) >= 11 is 0. The summed E-state index contributed by atoms with van der Waals surface area (Å²) in [5.74, 6) is 0. The molecule has 0 aromatic carbocycles. The molecule has 0 nitrogen and oxygen atoms in total. The third kappa shape index (κ3) is 4.66. The fraction of sp³-hybridized carbons (Fsp3) is 0.286. The van der Waals surface area contributed by atoms with Crippen molar-refractivity contribution in [2.24, 2.45) is 0 Å². The van der Waals surface area contributed by atoms with Crippen LogP contribution in [0.4, 0.5) is 0 Å². The van der Waals surface area contributed by atoms with Crippen LogP contribution in [0.15, 0.2) is 59.8 Å². The van der Waals surface area contributed by atoms with Crippen LogP contribution in [0.5, 0.6) is 0 Å². The predicted molar refractivity (Wildman–Crippen MR) is 66.3 cm³/mol. The Morgan fingerprint density at radius 1 is 0.714 bits per heavy atom. The van der Waals surface area contributed by atoms with E-state index in [9.17, 15) is 0 Å². The highest BCUT2D eigenvalue weighted by molar-refractivity contribution is 5.46. The smallest absolute Gasteiger partial charge is 0.0191 e. The summed E-state index contributed by atoms with van der Waals surface area (Å²) in [7, 11) is 0. The maximum absolute atomic E-state index is 3.81. The summed E-state index contributed by atoms with van der Waals surface area (Å²) in [5, 5.41) is 0. The normalized spacial score (nSPS) is 11.1. The molecule has 76 valence electrons. The molecule has 0 saturated carbocycles. The summed E-state index contributed by atoms with van der Waals surface area (Å²) < 4.78 is 0. The van der Waals surface area contributed by atoms with E-state index in [0.29, 0.717) is 0 Å². The zero-order valence-corrected chi connectivity index (χ0v) is 9.72. The molecule has 0 heterocycles. The first kappa shape index (κ1) is 12.7. The van der Waals surface area contributed by atoms with Crippen LogP contribution >= 0.6 is 0 Å². The molecule has 0 aliphatic rings. The molecular formula is C14H20. The third-order valence-corrected chi connectivity index (χ3v) is 1.66. The highest BCUT2D eigenvalue weighted by Crippen LogP contribution is 2.14. The molecule has 0 unspecified atom stereocenters. The van der Waals surface area contributed by atoms with Crippen molar-refractivity contribution >= 4 is 0 Å². The first-order valence-corrected chi connectivity index (χ1v) is 4.80. The van der Waals surface area contributed by atoms with Crippen LogP contribution in [0.2, 0.25) is 0 Å². The molecule has 0 aromatic rings. The molecule has 0 aliphatic heterocycles. The van der Waals surface area contributed by atoms with Crippen LogP contribution in [0.25, 0.3) is 0 Å². The Bertz CT molecular complexity index is 269. The van der Waals surface area contributed by atoms with Gasteiger partial charge in [-0.3, -0.25) is 0 Å². The first-order chi connectivity index (χ1) is 6.51. The summed E-state index contributed by atoms with van der Waals surface area (Å²) in [6.45, 7) is 15.9. The van der Waals surface area contributed by atoms with Crippen molar-refractivity contribution in [2.75, 3.05) is 0 Å². The molecule has 0 aromatic heterocycles. The molecule has 0 heteroatoms. The summed E-state index contributed by atoms with van der Waals surface area (Å²) in [4.78, 5) is 0. The van der Waals surface area contributed by atoms with E-state index in [1.165, 1.54) is 11.1 Å². The van der Waals surface area contributed by atoms with Crippen molar-refractivity contribution in [3.8, 4) is 0 Å². The molecule has 14 heavy (non-hydrogen) atoms. The Labute approximate surface area is 88.0 Å². The first-order valence-electron chi connectivity index (χ1n) is 4.80. The van der Waals surface area contributed by atoms with E-state index in [1.54, 1.807) is 0 Å². The Balaban J connectivity index is 5.34. The highest BCUT2D eigenvalue weighted by atomic mass is 14.0. The number of hydrogen-bond acceptors (Lipinski definition) is 0. The van der Waals surface area contributed by atoms with E-state index in [4.69, 9.17) is 0 Å². The molecule has 0 N–H and O–H groups in total. The summed E-state index contributed by atoms with van der Waals surface area (Å²) in [6.07, 6.45) is 7.96. The second-order valence-electron chi connectivity index (χ2n) is 3.76. The van der Waals surface area contributed by atoms with Gasteiger partial charge in [0, 0.05) is 0 Å². The van der Waals surface area contributed by atoms with Crippen LogP contribution < -0.4 is 0 Å². The third-order valence-electron chi connectivity index (χ3n) is 1.66. The van der Waals surface area contributed by atoms with Gasteiger partial charge in [0.2, 0.25) is 0 Å².